The summed E-state index contributed by atoms with van der Waals surface area (Å²) < 4.78 is 22.3. The fourth-order valence-corrected chi connectivity index (χ4v) is 3.64. The zero-order valence-corrected chi connectivity index (χ0v) is 20.2. The summed E-state index contributed by atoms with van der Waals surface area (Å²) in [7, 11) is 2.88. The van der Waals surface area contributed by atoms with Crippen LogP contribution in [0, 0.1) is 6.92 Å². The number of carbonyl (C=O) groups excluding carboxylic acids is 1. The molecular weight excluding hydrogens is 444 g/mol. The molecule has 0 amide bonds. The molecule has 8 heteroatoms. The molecule has 7 nitrogen and oxygen atoms in total. The summed E-state index contributed by atoms with van der Waals surface area (Å²) >= 11 is 1.60. The maximum Gasteiger partial charge on any atom is 0.347 e. The Hall–Kier alpha value is -3.39. The van der Waals surface area contributed by atoms with Crippen molar-refractivity contribution < 1.29 is 33.3 Å². The highest BCUT2D eigenvalue weighted by atomic mass is 32.2. The van der Waals surface area contributed by atoms with Crippen LogP contribution in [-0.4, -0.2) is 42.9 Å². The third-order valence-electron chi connectivity index (χ3n) is 5.15. The number of hydrogen-bond acceptors (Lipinski definition) is 7. The number of thioether (sulfide) groups is 1. The number of carboxylic acid groups (broad SMARTS) is 1. The number of allylic oxidation sites excluding steroid dienone is 1. The lowest BCUT2D eigenvalue weighted by molar-refractivity contribution is -0.152. The second-order valence-corrected chi connectivity index (χ2v) is 8.67. The Balaban J connectivity index is 1.93. The molecular formula is C25H26O7S. The lowest BCUT2D eigenvalue weighted by atomic mass is 10.1. The van der Waals surface area contributed by atoms with Crippen molar-refractivity contribution in [2.24, 2.45) is 0 Å². The molecule has 0 radical (unpaired) electrons. The second-order valence-electron chi connectivity index (χ2n) is 7.79. The van der Waals surface area contributed by atoms with Crippen LogP contribution < -0.4 is 14.2 Å². The highest BCUT2D eigenvalue weighted by molar-refractivity contribution is 7.98. The van der Waals surface area contributed by atoms with Gasteiger partial charge in [0.1, 0.15) is 5.58 Å². The summed E-state index contributed by atoms with van der Waals surface area (Å²) in [5.74, 6) is -0.414. The van der Waals surface area contributed by atoms with Gasteiger partial charge in [-0.1, -0.05) is 6.08 Å². The summed E-state index contributed by atoms with van der Waals surface area (Å²) in [5, 5.41) is 10.3. The molecule has 174 valence electrons. The predicted molar refractivity (Wildman–Crippen MR) is 128 cm³/mol. The van der Waals surface area contributed by atoms with Crippen molar-refractivity contribution in [3.63, 3.8) is 0 Å². The summed E-state index contributed by atoms with van der Waals surface area (Å²) in [5.41, 5.74) is 0.558. The van der Waals surface area contributed by atoms with Crippen molar-refractivity contribution in [1.29, 1.82) is 0 Å². The monoisotopic (exact) mass is 470 g/mol. The molecule has 1 N–H and O–H groups in total. The van der Waals surface area contributed by atoms with E-state index in [0.717, 1.165) is 15.8 Å². The summed E-state index contributed by atoms with van der Waals surface area (Å²) in [6.07, 6.45) is 5.00. The molecule has 0 bridgehead atoms. The molecule has 3 rings (SSSR count). The number of benzene rings is 2. The molecule has 0 fully saturated rings. The van der Waals surface area contributed by atoms with Crippen LogP contribution in [0.25, 0.3) is 17.0 Å². The van der Waals surface area contributed by atoms with Gasteiger partial charge in [0, 0.05) is 15.8 Å². The summed E-state index contributed by atoms with van der Waals surface area (Å²) in [4.78, 5) is 25.4. The van der Waals surface area contributed by atoms with Crippen molar-refractivity contribution in [3.8, 4) is 17.2 Å². The van der Waals surface area contributed by atoms with Crippen molar-refractivity contribution in [2.45, 2.75) is 31.3 Å². The van der Waals surface area contributed by atoms with E-state index in [4.69, 9.17) is 18.6 Å². The van der Waals surface area contributed by atoms with Gasteiger partial charge in [-0.05, 0) is 69.0 Å². The van der Waals surface area contributed by atoms with Crippen molar-refractivity contribution in [3.05, 3.63) is 53.3 Å². The molecule has 0 aliphatic carbocycles. The number of methoxy groups -OCH3 is 2. The molecule has 3 aromatic rings. The SMILES string of the molecule is COc1cc(C=CC(=O)c2oc3cc(SC)ccc3c2C)cc(OC)c1OC(C)(C)C(=O)O. The third-order valence-corrected chi connectivity index (χ3v) is 5.88. The number of aliphatic carboxylic acids is 1. The maximum atomic E-state index is 12.9. The van der Waals surface area contributed by atoms with Crippen molar-refractivity contribution in [1.82, 2.24) is 0 Å². The van der Waals surface area contributed by atoms with E-state index in [1.165, 1.54) is 34.1 Å². The van der Waals surface area contributed by atoms with E-state index in [2.05, 4.69) is 0 Å². The number of rotatable bonds is 9. The number of aryl methyl sites for hydroxylation is 1. The molecule has 0 saturated heterocycles. The van der Waals surface area contributed by atoms with Gasteiger partial charge in [-0.25, -0.2) is 4.79 Å². The molecule has 2 aromatic carbocycles. The number of carboxylic acids is 1. The van der Waals surface area contributed by atoms with E-state index in [1.807, 2.05) is 31.4 Å². The van der Waals surface area contributed by atoms with Crippen LogP contribution in [0.2, 0.25) is 0 Å². The lowest BCUT2D eigenvalue weighted by Gasteiger charge is -2.24. The van der Waals surface area contributed by atoms with Crippen LogP contribution in [0.3, 0.4) is 0 Å². The lowest BCUT2D eigenvalue weighted by Crippen LogP contribution is -2.38. The highest BCUT2D eigenvalue weighted by Gasteiger charge is 2.32. The first-order chi connectivity index (χ1) is 15.6. The standard InChI is InChI=1S/C25H26O7S/c1-14-17-9-8-16(33-6)13-19(17)31-22(14)18(26)10-7-15-11-20(29-4)23(21(12-15)30-5)32-25(2,3)24(27)28/h7-13H,1-6H3,(H,27,28). The van der Waals surface area contributed by atoms with E-state index in [1.54, 1.807) is 30.0 Å². The first-order valence-corrected chi connectivity index (χ1v) is 11.3. The Morgan fingerprint density at radius 2 is 1.73 bits per heavy atom. The van der Waals surface area contributed by atoms with Gasteiger partial charge in [-0.3, -0.25) is 4.79 Å². The van der Waals surface area contributed by atoms with Gasteiger partial charge >= 0.3 is 5.97 Å². The summed E-state index contributed by atoms with van der Waals surface area (Å²) in [6.45, 7) is 4.71. The van der Waals surface area contributed by atoms with E-state index in [9.17, 15) is 14.7 Å². The normalized spacial score (nSPS) is 11.7. The van der Waals surface area contributed by atoms with Gasteiger partial charge in [0.05, 0.1) is 14.2 Å². The Kier molecular flexibility index (Phi) is 7.07. The Morgan fingerprint density at radius 3 is 2.27 bits per heavy atom. The van der Waals surface area contributed by atoms with E-state index >= 15 is 0 Å². The first kappa shape index (κ1) is 24.3. The van der Waals surface area contributed by atoms with Gasteiger partial charge in [-0.2, -0.15) is 0 Å². The average molecular weight is 471 g/mol. The molecule has 0 atom stereocenters. The minimum atomic E-state index is -1.50. The van der Waals surface area contributed by atoms with Crippen molar-refractivity contribution >= 4 is 40.6 Å². The molecule has 0 spiro atoms. The topological polar surface area (TPSA) is 95.2 Å². The molecule has 0 saturated carbocycles. The molecule has 33 heavy (non-hydrogen) atoms. The van der Waals surface area contributed by atoms with E-state index < -0.39 is 11.6 Å². The fraction of sp³-hybridized carbons (Fsp3) is 0.280. The minimum absolute atomic E-state index is 0.161. The quantitative estimate of drug-likeness (QED) is 0.245. The fourth-order valence-electron chi connectivity index (χ4n) is 3.21. The van der Waals surface area contributed by atoms with Gasteiger partial charge in [0.2, 0.25) is 11.5 Å². The zero-order chi connectivity index (χ0) is 24.3. The van der Waals surface area contributed by atoms with Crippen LogP contribution >= 0.6 is 11.8 Å². The zero-order valence-electron chi connectivity index (χ0n) is 19.3. The summed E-state index contributed by atoms with van der Waals surface area (Å²) in [6, 6.07) is 9.13. The van der Waals surface area contributed by atoms with Crippen LogP contribution in [0.5, 0.6) is 17.2 Å². The number of furan rings is 1. The van der Waals surface area contributed by atoms with Crippen LogP contribution in [0.4, 0.5) is 0 Å². The number of fused-ring (bicyclic) bond motifs is 1. The molecule has 1 heterocycles. The van der Waals surface area contributed by atoms with Gasteiger partial charge in [0.15, 0.2) is 22.9 Å². The Morgan fingerprint density at radius 1 is 1.09 bits per heavy atom. The van der Waals surface area contributed by atoms with Crippen LogP contribution in [0.1, 0.15) is 35.5 Å². The Bertz CT molecular complexity index is 1210. The second kappa shape index (κ2) is 9.62. The largest absolute Gasteiger partial charge is 0.493 e. The van der Waals surface area contributed by atoms with Gasteiger partial charge in [0.25, 0.3) is 0 Å². The number of ether oxygens (including phenoxy) is 3. The first-order valence-electron chi connectivity index (χ1n) is 10.1. The van der Waals surface area contributed by atoms with E-state index in [-0.39, 0.29) is 28.8 Å². The van der Waals surface area contributed by atoms with Crippen LogP contribution in [-0.2, 0) is 4.79 Å². The molecule has 1 aromatic heterocycles. The smallest absolute Gasteiger partial charge is 0.347 e. The van der Waals surface area contributed by atoms with Crippen LogP contribution in [0.15, 0.2) is 45.7 Å². The average Bonchev–Trinajstić information content (AvgIpc) is 3.13. The van der Waals surface area contributed by atoms with Crippen molar-refractivity contribution in [2.75, 3.05) is 20.5 Å². The molecule has 0 aliphatic heterocycles. The highest BCUT2D eigenvalue weighted by Crippen LogP contribution is 2.41. The number of carbonyl (C=O) groups is 2. The number of hydrogen-bond donors (Lipinski definition) is 1. The maximum absolute atomic E-state index is 12.9. The number of ketones is 1. The predicted octanol–water partition coefficient (Wildman–Crippen LogP) is 5.62. The van der Waals surface area contributed by atoms with Gasteiger partial charge < -0.3 is 23.7 Å². The molecule has 0 unspecified atom stereocenters. The molecule has 0 aliphatic rings. The Labute approximate surface area is 196 Å². The van der Waals surface area contributed by atoms with E-state index in [0.29, 0.717) is 11.1 Å². The van der Waals surface area contributed by atoms with Gasteiger partial charge in [-0.15, -0.1) is 11.8 Å². The third kappa shape index (κ3) is 5.01. The minimum Gasteiger partial charge on any atom is -0.493 e.